The lowest BCUT2D eigenvalue weighted by Gasteiger charge is -2.10. The number of aryl methyl sites for hydroxylation is 1. The Morgan fingerprint density at radius 1 is 1.38 bits per heavy atom. The van der Waals surface area contributed by atoms with E-state index in [1.165, 1.54) is 0 Å². The molecule has 0 saturated heterocycles. The minimum absolute atomic E-state index is 0.176. The number of hydrogen-bond donors (Lipinski definition) is 2. The van der Waals surface area contributed by atoms with Crippen LogP contribution >= 0.6 is 15.9 Å². The minimum Gasteiger partial charge on any atom is -0.398 e. The van der Waals surface area contributed by atoms with Gasteiger partial charge in [-0.25, -0.2) is 0 Å². The van der Waals surface area contributed by atoms with Crippen LogP contribution in [0.15, 0.2) is 22.7 Å². The highest BCUT2D eigenvalue weighted by Crippen LogP contribution is 2.24. The van der Waals surface area contributed by atoms with Crippen molar-refractivity contribution in [1.82, 2.24) is 9.78 Å². The molecule has 2 aromatic rings. The third kappa shape index (κ3) is 3.10. The Labute approximate surface area is 132 Å². The molecule has 2 rings (SSSR count). The van der Waals surface area contributed by atoms with Crippen molar-refractivity contribution in [2.24, 2.45) is 0 Å². The molecule has 0 aliphatic carbocycles. The average Bonchev–Trinajstić information content (AvgIpc) is 2.70. The van der Waals surface area contributed by atoms with Crippen molar-refractivity contribution >= 4 is 33.2 Å². The van der Waals surface area contributed by atoms with E-state index in [0.717, 1.165) is 17.1 Å². The first-order valence-corrected chi connectivity index (χ1v) is 7.52. The second kappa shape index (κ2) is 5.89. The van der Waals surface area contributed by atoms with Crippen LogP contribution < -0.4 is 11.1 Å². The zero-order chi connectivity index (χ0) is 15.7. The fraction of sp³-hybridized carbons (Fsp3) is 0.333. The van der Waals surface area contributed by atoms with Crippen LogP contribution in [0, 0.1) is 13.8 Å². The molecular formula is C15H19BrN4O. The Morgan fingerprint density at radius 3 is 2.57 bits per heavy atom. The zero-order valence-electron chi connectivity index (χ0n) is 12.6. The van der Waals surface area contributed by atoms with E-state index < -0.39 is 0 Å². The molecule has 1 heterocycles. The first kappa shape index (κ1) is 15.6. The number of benzene rings is 1. The summed E-state index contributed by atoms with van der Waals surface area (Å²) in [6.45, 7) is 7.96. The molecule has 0 aliphatic rings. The van der Waals surface area contributed by atoms with Crippen LogP contribution in [0.3, 0.4) is 0 Å². The molecule has 6 heteroatoms. The van der Waals surface area contributed by atoms with Gasteiger partial charge in [0.1, 0.15) is 0 Å². The standard InChI is InChI=1S/C15H19BrN4O/c1-8(2)20-10(4)14(9(3)19-20)18-15(21)11-5-6-13(17)12(16)7-11/h5-8H,17H2,1-4H3,(H,18,21). The van der Waals surface area contributed by atoms with Crippen LogP contribution in [0.5, 0.6) is 0 Å². The zero-order valence-corrected chi connectivity index (χ0v) is 14.2. The van der Waals surface area contributed by atoms with Crippen molar-refractivity contribution in [3.8, 4) is 0 Å². The lowest BCUT2D eigenvalue weighted by atomic mass is 10.2. The van der Waals surface area contributed by atoms with E-state index in [1.807, 2.05) is 18.5 Å². The van der Waals surface area contributed by atoms with Gasteiger partial charge in [0.05, 0.1) is 17.1 Å². The monoisotopic (exact) mass is 350 g/mol. The van der Waals surface area contributed by atoms with Gasteiger partial charge in [0.15, 0.2) is 0 Å². The minimum atomic E-state index is -0.176. The first-order valence-electron chi connectivity index (χ1n) is 6.73. The topological polar surface area (TPSA) is 72.9 Å². The molecule has 1 aromatic heterocycles. The molecule has 1 aromatic carbocycles. The number of halogens is 1. The number of rotatable bonds is 3. The van der Waals surface area contributed by atoms with Crippen molar-refractivity contribution in [3.05, 3.63) is 39.6 Å². The van der Waals surface area contributed by atoms with E-state index in [-0.39, 0.29) is 11.9 Å². The quantitative estimate of drug-likeness (QED) is 0.829. The Kier molecular flexibility index (Phi) is 4.37. The van der Waals surface area contributed by atoms with E-state index in [1.54, 1.807) is 18.2 Å². The summed E-state index contributed by atoms with van der Waals surface area (Å²) in [5.74, 6) is -0.176. The van der Waals surface area contributed by atoms with E-state index in [2.05, 4.69) is 40.2 Å². The fourth-order valence-corrected chi connectivity index (χ4v) is 2.58. The third-order valence-corrected chi connectivity index (χ3v) is 4.00. The number of anilines is 2. The second-order valence-corrected chi connectivity index (χ2v) is 6.13. The Hall–Kier alpha value is -1.82. The molecule has 0 unspecified atom stereocenters. The van der Waals surface area contributed by atoms with Crippen molar-refractivity contribution < 1.29 is 4.79 Å². The molecule has 0 spiro atoms. The molecule has 112 valence electrons. The van der Waals surface area contributed by atoms with Crippen molar-refractivity contribution in [2.75, 3.05) is 11.1 Å². The molecular weight excluding hydrogens is 332 g/mol. The molecule has 5 nitrogen and oxygen atoms in total. The lowest BCUT2D eigenvalue weighted by molar-refractivity contribution is 0.102. The summed E-state index contributed by atoms with van der Waals surface area (Å²) in [5.41, 5.74) is 9.41. The maximum Gasteiger partial charge on any atom is 0.255 e. The van der Waals surface area contributed by atoms with Gasteiger partial charge in [-0.3, -0.25) is 9.48 Å². The first-order chi connectivity index (χ1) is 9.81. The second-order valence-electron chi connectivity index (χ2n) is 5.27. The van der Waals surface area contributed by atoms with E-state index in [0.29, 0.717) is 15.7 Å². The molecule has 21 heavy (non-hydrogen) atoms. The van der Waals surface area contributed by atoms with Crippen LogP contribution in [0.4, 0.5) is 11.4 Å². The molecule has 0 fully saturated rings. The Balaban J connectivity index is 2.29. The molecule has 0 bridgehead atoms. The SMILES string of the molecule is Cc1nn(C(C)C)c(C)c1NC(=O)c1ccc(N)c(Br)c1. The summed E-state index contributed by atoms with van der Waals surface area (Å²) in [7, 11) is 0. The number of nitrogens with one attached hydrogen (secondary N) is 1. The smallest absolute Gasteiger partial charge is 0.255 e. The van der Waals surface area contributed by atoms with Gasteiger partial charge in [-0.15, -0.1) is 0 Å². The average molecular weight is 351 g/mol. The predicted molar refractivity (Wildman–Crippen MR) is 88.6 cm³/mol. The van der Waals surface area contributed by atoms with Crippen molar-refractivity contribution in [1.29, 1.82) is 0 Å². The van der Waals surface area contributed by atoms with Crippen LogP contribution in [-0.4, -0.2) is 15.7 Å². The molecule has 0 radical (unpaired) electrons. The molecule has 0 saturated carbocycles. The highest BCUT2D eigenvalue weighted by Gasteiger charge is 2.16. The molecule has 0 atom stereocenters. The van der Waals surface area contributed by atoms with E-state index in [4.69, 9.17) is 5.73 Å². The van der Waals surface area contributed by atoms with Gasteiger partial charge >= 0.3 is 0 Å². The Morgan fingerprint density at radius 2 is 2.05 bits per heavy atom. The number of amides is 1. The lowest BCUT2D eigenvalue weighted by Crippen LogP contribution is -2.13. The predicted octanol–water partition coefficient (Wildman–Crippen LogP) is 3.68. The largest absolute Gasteiger partial charge is 0.398 e. The maximum atomic E-state index is 12.4. The highest BCUT2D eigenvalue weighted by atomic mass is 79.9. The van der Waals surface area contributed by atoms with Gasteiger partial charge in [0.25, 0.3) is 5.91 Å². The summed E-state index contributed by atoms with van der Waals surface area (Å²) in [6.07, 6.45) is 0. The highest BCUT2D eigenvalue weighted by molar-refractivity contribution is 9.10. The number of carbonyl (C=O) groups excluding carboxylic acids is 1. The van der Waals surface area contributed by atoms with Gasteiger partial charge in [-0.05, 0) is 61.8 Å². The fourth-order valence-electron chi connectivity index (χ4n) is 2.20. The van der Waals surface area contributed by atoms with E-state index in [9.17, 15) is 4.79 Å². The number of aromatic nitrogens is 2. The summed E-state index contributed by atoms with van der Waals surface area (Å²) in [6, 6.07) is 5.37. The molecule has 0 aliphatic heterocycles. The maximum absolute atomic E-state index is 12.4. The summed E-state index contributed by atoms with van der Waals surface area (Å²) < 4.78 is 2.62. The number of carbonyl (C=O) groups is 1. The van der Waals surface area contributed by atoms with Gasteiger partial charge in [-0.1, -0.05) is 0 Å². The van der Waals surface area contributed by atoms with Crippen molar-refractivity contribution in [2.45, 2.75) is 33.7 Å². The number of nitrogens with two attached hydrogens (primary N) is 1. The van der Waals surface area contributed by atoms with E-state index >= 15 is 0 Å². The number of hydrogen-bond acceptors (Lipinski definition) is 3. The number of nitrogen functional groups attached to an aromatic ring is 1. The summed E-state index contributed by atoms with van der Waals surface area (Å²) in [5, 5.41) is 7.39. The molecule has 3 N–H and O–H groups in total. The van der Waals surface area contributed by atoms with Crippen LogP contribution in [-0.2, 0) is 0 Å². The van der Waals surface area contributed by atoms with Crippen molar-refractivity contribution in [3.63, 3.8) is 0 Å². The van der Waals surface area contributed by atoms with Gasteiger partial charge in [0, 0.05) is 21.8 Å². The third-order valence-electron chi connectivity index (χ3n) is 3.32. The van der Waals surface area contributed by atoms with Crippen LogP contribution in [0.25, 0.3) is 0 Å². The Bertz CT molecular complexity index is 691. The molecule has 1 amide bonds. The van der Waals surface area contributed by atoms with Gasteiger partial charge in [-0.2, -0.15) is 5.10 Å². The summed E-state index contributed by atoms with van der Waals surface area (Å²) in [4.78, 5) is 12.4. The summed E-state index contributed by atoms with van der Waals surface area (Å²) >= 11 is 3.33. The van der Waals surface area contributed by atoms with Crippen LogP contribution in [0.2, 0.25) is 0 Å². The van der Waals surface area contributed by atoms with Gasteiger partial charge in [0.2, 0.25) is 0 Å². The normalized spacial score (nSPS) is 11.0. The number of nitrogens with zero attached hydrogens (tertiary/aromatic N) is 2. The van der Waals surface area contributed by atoms with Gasteiger partial charge < -0.3 is 11.1 Å². The van der Waals surface area contributed by atoms with Crippen LogP contribution in [0.1, 0.15) is 41.6 Å².